The predicted molar refractivity (Wildman–Crippen MR) is 52.6 cm³/mol. The second-order valence-electron chi connectivity index (χ2n) is 3.40. The van der Waals surface area contributed by atoms with Crippen LogP contribution < -0.4 is 0 Å². The Balaban J connectivity index is 3.21. The lowest BCUT2D eigenvalue weighted by atomic mass is 10.2. The zero-order chi connectivity index (χ0) is 10.1. The van der Waals surface area contributed by atoms with E-state index in [1.807, 2.05) is 6.92 Å². The van der Waals surface area contributed by atoms with E-state index in [1.165, 1.54) is 0 Å². The molecule has 0 aliphatic carbocycles. The maximum atomic E-state index is 9.36. The van der Waals surface area contributed by atoms with E-state index < -0.39 is 6.10 Å². The molecule has 2 unspecified atom stereocenters. The smallest absolute Gasteiger partial charge is 0.0773 e. The number of rotatable bonds is 8. The fraction of sp³-hybridized carbons (Fsp3) is 1.00. The molecular formula is C10H22O3. The molecule has 0 saturated heterocycles. The third kappa shape index (κ3) is 8.22. The zero-order valence-corrected chi connectivity index (χ0v) is 8.70. The molecule has 0 radical (unpaired) electrons. The van der Waals surface area contributed by atoms with Crippen LogP contribution in [0.1, 0.15) is 39.5 Å². The van der Waals surface area contributed by atoms with Gasteiger partial charge in [0.05, 0.1) is 25.4 Å². The molecule has 0 saturated carbocycles. The van der Waals surface area contributed by atoms with Gasteiger partial charge in [0, 0.05) is 0 Å². The number of ether oxygens (including phenoxy) is 1. The summed E-state index contributed by atoms with van der Waals surface area (Å²) < 4.78 is 5.15. The number of hydrogen-bond acceptors (Lipinski definition) is 3. The molecule has 0 aromatic rings. The first-order valence-electron chi connectivity index (χ1n) is 5.14. The van der Waals surface area contributed by atoms with Gasteiger partial charge >= 0.3 is 0 Å². The number of unbranched alkanes of at least 4 members (excludes halogenated alkanes) is 1. The fourth-order valence-electron chi connectivity index (χ4n) is 0.981. The van der Waals surface area contributed by atoms with Crippen LogP contribution in [0.15, 0.2) is 0 Å². The normalized spacial score (nSPS) is 15.7. The largest absolute Gasteiger partial charge is 0.391 e. The van der Waals surface area contributed by atoms with Gasteiger partial charge in [-0.15, -0.1) is 0 Å². The number of hydrogen-bond donors (Lipinski definition) is 2. The molecule has 0 spiro atoms. The van der Waals surface area contributed by atoms with Gasteiger partial charge in [-0.3, -0.25) is 0 Å². The van der Waals surface area contributed by atoms with E-state index in [2.05, 4.69) is 6.92 Å². The van der Waals surface area contributed by atoms with Gasteiger partial charge in [0.25, 0.3) is 0 Å². The SMILES string of the molecule is CCCCC(O)COCC(O)CC. The molecule has 2 atom stereocenters. The van der Waals surface area contributed by atoms with E-state index in [0.29, 0.717) is 19.6 Å². The molecule has 3 heteroatoms. The Labute approximate surface area is 80.7 Å². The standard InChI is InChI=1S/C10H22O3/c1-3-5-6-10(12)8-13-7-9(11)4-2/h9-12H,3-8H2,1-2H3. The van der Waals surface area contributed by atoms with Crippen LogP contribution in [0.3, 0.4) is 0 Å². The van der Waals surface area contributed by atoms with Crippen molar-refractivity contribution >= 4 is 0 Å². The molecule has 0 amide bonds. The van der Waals surface area contributed by atoms with Crippen molar-refractivity contribution in [1.29, 1.82) is 0 Å². The minimum Gasteiger partial charge on any atom is -0.391 e. The maximum Gasteiger partial charge on any atom is 0.0773 e. The van der Waals surface area contributed by atoms with Crippen LogP contribution in [-0.2, 0) is 4.74 Å². The highest BCUT2D eigenvalue weighted by molar-refractivity contribution is 4.55. The van der Waals surface area contributed by atoms with Crippen molar-refractivity contribution in [1.82, 2.24) is 0 Å². The monoisotopic (exact) mass is 190 g/mol. The van der Waals surface area contributed by atoms with Crippen molar-refractivity contribution in [2.45, 2.75) is 51.7 Å². The Hall–Kier alpha value is -0.120. The average Bonchev–Trinajstić information content (AvgIpc) is 2.14. The minimum atomic E-state index is -0.390. The predicted octanol–water partition coefficient (Wildman–Crippen LogP) is 1.32. The molecule has 3 nitrogen and oxygen atoms in total. The third-order valence-electron chi connectivity index (χ3n) is 1.98. The van der Waals surface area contributed by atoms with Crippen LogP contribution >= 0.6 is 0 Å². The van der Waals surface area contributed by atoms with Gasteiger partial charge in [0.1, 0.15) is 0 Å². The maximum absolute atomic E-state index is 9.36. The molecule has 0 bridgehead atoms. The number of aliphatic hydroxyl groups excluding tert-OH is 2. The highest BCUT2D eigenvalue weighted by Gasteiger charge is 2.05. The Morgan fingerprint density at radius 1 is 1.08 bits per heavy atom. The van der Waals surface area contributed by atoms with Gasteiger partial charge in [-0.25, -0.2) is 0 Å². The molecule has 0 fully saturated rings. The summed E-state index contributed by atoms with van der Waals surface area (Å²) in [5, 5.41) is 18.5. The van der Waals surface area contributed by atoms with E-state index in [9.17, 15) is 5.11 Å². The van der Waals surface area contributed by atoms with Gasteiger partial charge in [-0.1, -0.05) is 26.7 Å². The second kappa shape index (κ2) is 8.48. The van der Waals surface area contributed by atoms with Gasteiger partial charge in [0.2, 0.25) is 0 Å². The van der Waals surface area contributed by atoms with Crippen LogP contribution in [0.5, 0.6) is 0 Å². The van der Waals surface area contributed by atoms with Crippen LogP contribution in [-0.4, -0.2) is 35.6 Å². The van der Waals surface area contributed by atoms with E-state index in [4.69, 9.17) is 9.84 Å². The molecule has 0 rings (SSSR count). The quantitative estimate of drug-likeness (QED) is 0.607. The summed E-state index contributed by atoms with van der Waals surface area (Å²) in [5.41, 5.74) is 0. The van der Waals surface area contributed by atoms with Crippen molar-refractivity contribution in [3.63, 3.8) is 0 Å². The second-order valence-corrected chi connectivity index (χ2v) is 3.40. The van der Waals surface area contributed by atoms with E-state index in [-0.39, 0.29) is 6.10 Å². The van der Waals surface area contributed by atoms with Gasteiger partial charge in [0.15, 0.2) is 0 Å². The first-order valence-corrected chi connectivity index (χ1v) is 5.14. The van der Waals surface area contributed by atoms with Crippen LogP contribution in [0, 0.1) is 0 Å². The highest BCUT2D eigenvalue weighted by atomic mass is 16.5. The highest BCUT2D eigenvalue weighted by Crippen LogP contribution is 2.01. The summed E-state index contributed by atoms with van der Waals surface area (Å²) in [6.07, 6.45) is 2.85. The van der Waals surface area contributed by atoms with Crippen LogP contribution in [0.4, 0.5) is 0 Å². The molecule has 0 aliphatic heterocycles. The van der Waals surface area contributed by atoms with Crippen LogP contribution in [0.25, 0.3) is 0 Å². The zero-order valence-electron chi connectivity index (χ0n) is 8.70. The Kier molecular flexibility index (Phi) is 8.40. The average molecular weight is 190 g/mol. The molecule has 80 valence electrons. The van der Waals surface area contributed by atoms with Crippen molar-refractivity contribution in [2.75, 3.05) is 13.2 Å². The van der Waals surface area contributed by atoms with Crippen LogP contribution in [0.2, 0.25) is 0 Å². The van der Waals surface area contributed by atoms with E-state index in [0.717, 1.165) is 19.3 Å². The lowest BCUT2D eigenvalue weighted by Crippen LogP contribution is -2.20. The van der Waals surface area contributed by atoms with Crippen molar-refractivity contribution in [3.8, 4) is 0 Å². The summed E-state index contributed by atoms with van der Waals surface area (Å²) >= 11 is 0. The summed E-state index contributed by atoms with van der Waals surface area (Å²) in [5.74, 6) is 0. The van der Waals surface area contributed by atoms with Gasteiger partial charge < -0.3 is 14.9 Å². The Morgan fingerprint density at radius 3 is 2.23 bits per heavy atom. The fourth-order valence-corrected chi connectivity index (χ4v) is 0.981. The molecule has 13 heavy (non-hydrogen) atoms. The first kappa shape index (κ1) is 12.9. The topological polar surface area (TPSA) is 49.7 Å². The molecule has 0 aromatic heterocycles. The third-order valence-corrected chi connectivity index (χ3v) is 1.98. The summed E-state index contributed by atoms with van der Waals surface area (Å²) in [6, 6.07) is 0. The minimum absolute atomic E-state index is 0.333. The van der Waals surface area contributed by atoms with E-state index in [1.54, 1.807) is 0 Å². The van der Waals surface area contributed by atoms with Gasteiger partial charge in [-0.2, -0.15) is 0 Å². The van der Waals surface area contributed by atoms with Crippen molar-refractivity contribution in [3.05, 3.63) is 0 Å². The summed E-state index contributed by atoms with van der Waals surface area (Å²) in [4.78, 5) is 0. The summed E-state index contributed by atoms with van der Waals surface area (Å²) in [7, 11) is 0. The van der Waals surface area contributed by atoms with Crippen molar-refractivity contribution in [2.24, 2.45) is 0 Å². The number of aliphatic hydroxyl groups is 2. The molecule has 0 heterocycles. The lowest BCUT2D eigenvalue weighted by molar-refractivity contribution is -0.0109. The van der Waals surface area contributed by atoms with Crippen molar-refractivity contribution < 1.29 is 14.9 Å². The Bertz CT molecular complexity index is 106. The molecule has 2 N–H and O–H groups in total. The Morgan fingerprint density at radius 2 is 1.69 bits per heavy atom. The molecule has 0 aromatic carbocycles. The molecule has 0 aliphatic rings. The summed E-state index contributed by atoms with van der Waals surface area (Å²) in [6.45, 7) is 4.67. The van der Waals surface area contributed by atoms with Gasteiger partial charge in [-0.05, 0) is 12.8 Å². The lowest BCUT2D eigenvalue weighted by Gasteiger charge is -2.12. The van der Waals surface area contributed by atoms with E-state index >= 15 is 0 Å². The first-order chi connectivity index (χ1) is 6.20. The molecular weight excluding hydrogens is 168 g/mol.